The number of hydrogen-bond donors (Lipinski definition) is 1. The largest absolute Gasteiger partial charge is 0.455 e. The fourth-order valence-corrected chi connectivity index (χ4v) is 3.67. The molecule has 26 heavy (non-hydrogen) atoms. The van der Waals surface area contributed by atoms with Gasteiger partial charge in [-0.05, 0) is 29.2 Å². The van der Waals surface area contributed by atoms with Crippen LogP contribution in [0.1, 0.15) is 48.6 Å². The van der Waals surface area contributed by atoms with Crippen molar-refractivity contribution in [2.45, 2.75) is 33.2 Å². The Hall–Kier alpha value is -2.12. The molecule has 6 nitrogen and oxygen atoms in total. The van der Waals surface area contributed by atoms with E-state index in [1.165, 1.54) is 5.56 Å². The molecule has 1 aliphatic rings. The van der Waals surface area contributed by atoms with Crippen molar-refractivity contribution in [2.24, 2.45) is 5.41 Å². The molecule has 1 atom stereocenters. The number of carbonyl (C=O) groups excluding carboxylic acids is 1. The number of sulfonamides is 1. The van der Waals surface area contributed by atoms with Crippen molar-refractivity contribution in [3.63, 3.8) is 0 Å². The highest BCUT2D eigenvalue weighted by molar-refractivity contribution is 7.88. The highest BCUT2D eigenvalue weighted by Crippen LogP contribution is 2.45. The van der Waals surface area contributed by atoms with Crippen LogP contribution < -0.4 is 9.62 Å². The van der Waals surface area contributed by atoms with Crippen LogP contribution in [-0.2, 0) is 16.6 Å². The van der Waals surface area contributed by atoms with E-state index in [4.69, 9.17) is 4.42 Å². The molecule has 2 heterocycles. The molecule has 0 spiro atoms. The van der Waals surface area contributed by atoms with E-state index < -0.39 is 10.0 Å². The average molecular weight is 376 g/mol. The van der Waals surface area contributed by atoms with Gasteiger partial charge in [0, 0.05) is 18.2 Å². The minimum absolute atomic E-state index is 0.0211. The van der Waals surface area contributed by atoms with Gasteiger partial charge in [-0.1, -0.05) is 39.0 Å². The van der Waals surface area contributed by atoms with Gasteiger partial charge in [0.2, 0.25) is 10.0 Å². The van der Waals surface area contributed by atoms with Crippen LogP contribution in [0, 0.1) is 5.41 Å². The lowest BCUT2D eigenvalue weighted by Crippen LogP contribution is -2.32. The third-order valence-electron chi connectivity index (χ3n) is 4.64. The minimum Gasteiger partial charge on any atom is -0.455 e. The molecular weight excluding hydrogens is 352 g/mol. The Morgan fingerprint density at radius 1 is 1.23 bits per heavy atom. The van der Waals surface area contributed by atoms with Crippen LogP contribution in [0.3, 0.4) is 0 Å². The third-order valence-corrected chi connectivity index (χ3v) is 5.31. The molecule has 0 saturated carbocycles. The number of nitrogens with zero attached hydrogens (tertiary/aromatic N) is 1. The number of rotatable bonds is 4. The van der Waals surface area contributed by atoms with Gasteiger partial charge < -0.3 is 9.32 Å². The van der Waals surface area contributed by atoms with E-state index in [2.05, 4.69) is 31.6 Å². The van der Waals surface area contributed by atoms with Gasteiger partial charge in [-0.15, -0.1) is 0 Å². The summed E-state index contributed by atoms with van der Waals surface area (Å²) in [5.41, 5.74) is 2.10. The van der Waals surface area contributed by atoms with Crippen LogP contribution in [0.5, 0.6) is 0 Å². The van der Waals surface area contributed by atoms with Gasteiger partial charge >= 0.3 is 0 Å². The maximum Gasteiger partial charge on any atom is 0.293 e. The molecule has 1 aliphatic heterocycles. The smallest absolute Gasteiger partial charge is 0.293 e. The van der Waals surface area contributed by atoms with E-state index in [-0.39, 0.29) is 29.5 Å². The SMILES string of the molecule is CC(C)(C)C1CN(C(=O)c2ccc(CNS(C)(=O)=O)o2)c2ccccc21. The highest BCUT2D eigenvalue weighted by Gasteiger charge is 2.39. The van der Waals surface area contributed by atoms with Crippen molar-refractivity contribution < 1.29 is 17.6 Å². The molecule has 1 unspecified atom stereocenters. The predicted molar refractivity (Wildman–Crippen MR) is 101 cm³/mol. The minimum atomic E-state index is -3.32. The second-order valence-corrected chi connectivity index (χ2v) is 9.59. The lowest BCUT2D eigenvalue weighted by Gasteiger charge is -2.27. The number of nitrogens with one attached hydrogen (secondary N) is 1. The van der Waals surface area contributed by atoms with Crippen molar-refractivity contribution in [3.8, 4) is 0 Å². The molecule has 0 fully saturated rings. The molecule has 1 amide bonds. The van der Waals surface area contributed by atoms with Gasteiger partial charge in [-0.3, -0.25) is 4.79 Å². The zero-order chi connectivity index (χ0) is 19.1. The zero-order valence-corrected chi connectivity index (χ0v) is 16.3. The van der Waals surface area contributed by atoms with Crippen LogP contribution in [-0.4, -0.2) is 27.1 Å². The van der Waals surface area contributed by atoms with Gasteiger partial charge in [0.25, 0.3) is 5.91 Å². The number of anilines is 1. The van der Waals surface area contributed by atoms with Crippen molar-refractivity contribution in [1.82, 2.24) is 4.72 Å². The summed E-state index contributed by atoms with van der Waals surface area (Å²) in [6, 6.07) is 11.2. The number of fused-ring (bicyclic) bond motifs is 1. The molecule has 3 rings (SSSR count). The fourth-order valence-electron chi connectivity index (χ4n) is 3.26. The molecule has 1 aromatic carbocycles. The maximum atomic E-state index is 13.0. The first-order chi connectivity index (χ1) is 12.1. The number of carbonyl (C=O) groups is 1. The van der Waals surface area contributed by atoms with Crippen LogP contribution in [0.4, 0.5) is 5.69 Å². The predicted octanol–water partition coefficient (Wildman–Crippen LogP) is 3.12. The van der Waals surface area contributed by atoms with E-state index in [1.54, 1.807) is 17.0 Å². The van der Waals surface area contributed by atoms with E-state index >= 15 is 0 Å². The Morgan fingerprint density at radius 3 is 2.58 bits per heavy atom. The number of benzene rings is 1. The molecule has 140 valence electrons. The topological polar surface area (TPSA) is 79.6 Å². The van der Waals surface area contributed by atoms with Crippen molar-refractivity contribution in [3.05, 3.63) is 53.5 Å². The van der Waals surface area contributed by atoms with Crippen LogP contribution >= 0.6 is 0 Å². The Labute approximate surface area is 154 Å². The number of hydrogen-bond acceptors (Lipinski definition) is 4. The summed E-state index contributed by atoms with van der Waals surface area (Å²) in [6.07, 6.45) is 1.08. The molecule has 0 aliphatic carbocycles. The summed E-state index contributed by atoms with van der Waals surface area (Å²) in [6.45, 7) is 7.13. The highest BCUT2D eigenvalue weighted by atomic mass is 32.2. The standard InChI is InChI=1S/C19H24N2O4S/c1-19(2,3)15-12-21(16-8-6-5-7-14(15)16)18(22)17-10-9-13(25-17)11-20-26(4,23)24/h5-10,15,20H,11-12H2,1-4H3. The molecular formula is C19H24N2O4S. The second-order valence-electron chi connectivity index (χ2n) is 7.75. The van der Waals surface area contributed by atoms with E-state index in [1.807, 2.05) is 18.2 Å². The summed E-state index contributed by atoms with van der Waals surface area (Å²) in [4.78, 5) is 14.7. The zero-order valence-electron chi connectivity index (χ0n) is 15.4. The van der Waals surface area contributed by atoms with Gasteiger partial charge in [0.1, 0.15) is 5.76 Å². The Balaban J connectivity index is 1.84. The van der Waals surface area contributed by atoms with E-state index in [0.29, 0.717) is 12.3 Å². The first kappa shape index (κ1) is 18.7. The molecule has 7 heteroatoms. The van der Waals surface area contributed by atoms with Gasteiger partial charge in [-0.2, -0.15) is 0 Å². The normalized spacial score (nSPS) is 17.4. The van der Waals surface area contributed by atoms with Gasteiger partial charge in [-0.25, -0.2) is 13.1 Å². The molecule has 1 N–H and O–H groups in total. The number of amides is 1. The number of furan rings is 1. The van der Waals surface area contributed by atoms with Crippen LogP contribution in [0.2, 0.25) is 0 Å². The average Bonchev–Trinajstić information content (AvgIpc) is 3.16. The molecule has 0 saturated heterocycles. The Bertz CT molecular complexity index is 925. The molecule has 0 radical (unpaired) electrons. The van der Waals surface area contributed by atoms with Crippen molar-refractivity contribution in [1.29, 1.82) is 0 Å². The lowest BCUT2D eigenvalue weighted by molar-refractivity contribution is 0.0957. The Morgan fingerprint density at radius 2 is 1.92 bits per heavy atom. The van der Waals surface area contributed by atoms with Gasteiger partial charge in [0.05, 0.1) is 12.8 Å². The van der Waals surface area contributed by atoms with E-state index in [0.717, 1.165) is 11.9 Å². The summed E-state index contributed by atoms with van der Waals surface area (Å²) in [5, 5.41) is 0. The second kappa shape index (κ2) is 6.55. The first-order valence-electron chi connectivity index (χ1n) is 8.50. The third kappa shape index (κ3) is 3.83. The fraction of sp³-hybridized carbons (Fsp3) is 0.421. The maximum absolute atomic E-state index is 13.0. The Kier molecular flexibility index (Phi) is 4.71. The van der Waals surface area contributed by atoms with Crippen molar-refractivity contribution >= 4 is 21.6 Å². The van der Waals surface area contributed by atoms with Crippen LogP contribution in [0.25, 0.3) is 0 Å². The monoisotopic (exact) mass is 376 g/mol. The first-order valence-corrected chi connectivity index (χ1v) is 10.4. The summed E-state index contributed by atoms with van der Waals surface area (Å²) in [7, 11) is -3.32. The number of para-hydroxylation sites is 1. The van der Waals surface area contributed by atoms with Crippen molar-refractivity contribution in [2.75, 3.05) is 17.7 Å². The summed E-state index contributed by atoms with van der Waals surface area (Å²) < 4.78 is 30.3. The molecule has 2 aromatic rings. The molecule has 1 aromatic heterocycles. The summed E-state index contributed by atoms with van der Waals surface area (Å²) in [5.74, 6) is 0.636. The lowest BCUT2D eigenvalue weighted by atomic mass is 9.78. The quantitative estimate of drug-likeness (QED) is 0.889. The molecule has 0 bridgehead atoms. The van der Waals surface area contributed by atoms with Crippen LogP contribution in [0.15, 0.2) is 40.8 Å². The van der Waals surface area contributed by atoms with Gasteiger partial charge in [0.15, 0.2) is 5.76 Å². The summed E-state index contributed by atoms with van der Waals surface area (Å²) >= 11 is 0. The van der Waals surface area contributed by atoms with E-state index in [9.17, 15) is 13.2 Å².